The molecular weight excluding hydrogens is 334 g/mol. The smallest absolute Gasteiger partial charge is 0.252 e. The van der Waals surface area contributed by atoms with Gasteiger partial charge in [0, 0.05) is 31.6 Å². The van der Waals surface area contributed by atoms with Crippen LogP contribution in [0.15, 0.2) is 10.7 Å². The van der Waals surface area contributed by atoms with Crippen LogP contribution in [0, 0.1) is 6.92 Å². The van der Waals surface area contributed by atoms with Crippen molar-refractivity contribution in [1.29, 1.82) is 0 Å². The number of amides is 1. The van der Waals surface area contributed by atoms with Gasteiger partial charge in [0.2, 0.25) is 5.91 Å². The first kappa shape index (κ1) is 17.2. The Morgan fingerprint density at radius 3 is 2.88 bits per heavy atom. The summed E-state index contributed by atoms with van der Waals surface area (Å²) in [7, 11) is 1.91. The van der Waals surface area contributed by atoms with Gasteiger partial charge in [-0.2, -0.15) is 10.1 Å². The summed E-state index contributed by atoms with van der Waals surface area (Å²) in [6.45, 7) is 5.04. The number of ether oxygens (including phenoxy) is 1. The van der Waals surface area contributed by atoms with Crippen LogP contribution in [0.5, 0.6) is 0 Å². The summed E-state index contributed by atoms with van der Waals surface area (Å²) < 4.78 is 13.1. The lowest BCUT2D eigenvalue weighted by Crippen LogP contribution is -2.47. The third kappa shape index (κ3) is 3.25. The third-order valence-corrected chi connectivity index (χ3v) is 5.41. The fourth-order valence-electron chi connectivity index (χ4n) is 3.48. The lowest BCUT2D eigenvalue weighted by atomic mass is 10.1. The van der Waals surface area contributed by atoms with E-state index in [-0.39, 0.29) is 18.1 Å². The van der Waals surface area contributed by atoms with E-state index in [1.807, 2.05) is 36.7 Å². The maximum absolute atomic E-state index is 12.9. The molecule has 0 N–H and O–H groups in total. The van der Waals surface area contributed by atoms with Gasteiger partial charge in [-0.15, -0.1) is 0 Å². The van der Waals surface area contributed by atoms with Gasteiger partial charge < -0.3 is 14.2 Å². The van der Waals surface area contributed by atoms with E-state index in [1.54, 1.807) is 0 Å². The Morgan fingerprint density at radius 2 is 2.19 bits per heavy atom. The topological polar surface area (TPSA) is 86.3 Å². The van der Waals surface area contributed by atoms with Gasteiger partial charge in [0.05, 0.1) is 18.9 Å². The molecule has 0 spiro atoms. The largest absolute Gasteiger partial charge is 0.374 e. The summed E-state index contributed by atoms with van der Waals surface area (Å²) in [6, 6.07) is -0.314. The van der Waals surface area contributed by atoms with E-state index >= 15 is 0 Å². The zero-order valence-electron chi connectivity index (χ0n) is 15.5. The average Bonchev–Trinajstić information content (AvgIpc) is 3.29. The SMILES string of the molecule is Cc1c(CCC(=O)N2CCO[C@H](C)[C@H]2c2nc(C3CC3)no2)cnn1C. The summed E-state index contributed by atoms with van der Waals surface area (Å²) >= 11 is 0. The second kappa shape index (κ2) is 6.83. The van der Waals surface area contributed by atoms with Crippen molar-refractivity contribution in [2.24, 2.45) is 7.05 Å². The standard InChI is InChI=1S/C18H25N5O3/c1-11-14(10-19-22(11)3)6-7-15(24)23-8-9-25-12(2)16(23)18-20-17(21-26-18)13-4-5-13/h10,12-13,16H,4-9H2,1-3H3/t12-,16+/m1/s1. The molecule has 8 nitrogen and oxygen atoms in total. The van der Waals surface area contributed by atoms with Crippen molar-refractivity contribution in [3.05, 3.63) is 29.2 Å². The van der Waals surface area contributed by atoms with Gasteiger partial charge in [0.15, 0.2) is 5.82 Å². The molecule has 26 heavy (non-hydrogen) atoms. The van der Waals surface area contributed by atoms with Crippen LogP contribution < -0.4 is 0 Å². The molecule has 2 aromatic heterocycles. The predicted octanol–water partition coefficient (Wildman–Crippen LogP) is 1.91. The summed E-state index contributed by atoms with van der Waals surface area (Å²) in [5, 5.41) is 8.34. The van der Waals surface area contributed by atoms with Crippen molar-refractivity contribution in [1.82, 2.24) is 24.8 Å². The highest BCUT2D eigenvalue weighted by molar-refractivity contribution is 5.77. The number of hydrogen-bond acceptors (Lipinski definition) is 6. The van der Waals surface area contributed by atoms with E-state index in [0.717, 1.165) is 29.9 Å². The van der Waals surface area contributed by atoms with Crippen molar-refractivity contribution < 1.29 is 14.1 Å². The van der Waals surface area contributed by atoms with Crippen molar-refractivity contribution >= 4 is 5.91 Å². The van der Waals surface area contributed by atoms with Crippen LogP contribution in [0.2, 0.25) is 0 Å². The monoisotopic (exact) mass is 359 g/mol. The first-order valence-electron chi connectivity index (χ1n) is 9.26. The highest BCUT2D eigenvalue weighted by atomic mass is 16.5. The maximum atomic E-state index is 12.9. The number of carbonyl (C=O) groups excluding carboxylic acids is 1. The quantitative estimate of drug-likeness (QED) is 0.810. The van der Waals surface area contributed by atoms with Crippen LogP contribution in [0.3, 0.4) is 0 Å². The van der Waals surface area contributed by atoms with E-state index in [1.165, 1.54) is 0 Å². The lowest BCUT2D eigenvalue weighted by molar-refractivity contribution is -0.147. The number of hydrogen-bond donors (Lipinski definition) is 0. The molecule has 1 amide bonds. The maximum Gasteiger partial charge on any atom is 0.252 e. The third-order valence-electron chi connectivity index (χ3n) is 5.41. The predicted molar refractivity (Wildman–Crippen MR) is 92.4 cm³/mol. The molecular formula is C18H25N5O3. The first-order valence-corrected chi connectivity index (χ1v) is 9.26. The molecule has 1 aliphatic heterocycles. The molecule has 2 fully saturated rings. The Labute approximate surface area is 152 Å². The molecule has 140 valence electrons. The zero-order chi connectivity index (χ0) is 18.3. The molecule has 2 aromatic rings. The Morgan fingerprint density at radius 1 is 1.38 bits per heavy atom. The fraction of sp³-hybridized carbons (Fsp3) is 0.667. The number of aromatic nitrogens is 4. The van der Waals surface area contributed by atoms with Gasteiger partial charge >= 0.3 is 0 Å². The van der Waals surface area contributed by atoms with Gasteiger partial charge in [-0.1, -0.05) is 5.16 Å². The highest BCUT2D eigenvalue weighted by Gasteiger charge is 2.39. The molecule has 0 unspecified atom stereocenters. The van der Waals surface area contributed by atoms with Crippen LogP contribution in [0.1, 0.15) is 61.1 Å². The van der Waals surface area contributed by atoms with Crippen molar-refractivity contribution in [3.8, 4) is 0 Å². The summed E-state index contributed by atoms with van der Waals surface area (Å²) in [5.41, 5.74) is 2.20. The Kier molecular flexibility index (Phi) is 4.52. The molecule has 2 aliphatic rings. The minimum Gasteiger partial charge on any atom is -0.374 e. The van der Waals surface area contributed by atoms with Crippen LogP contribution in [-0.4, -0.2) is 50.0 Å². The first-order chi connectivity index (χ1) is 12.5. The van der Waals surface area contributed by atoms with E-state index in [9.17, 15) is 4.79 Å². The molecule has 8 heteroatoms. The number of carbonyl (C=O) groups is 1. The summed E-state index contributed by atoms with van der Waals surface area (Å²) in [5.74, 6) is 1.76. The van der Waals surface area contributed by atoms with Crippen LogP contribution in [0.25, 0.3) is 0 Å². The fourth-order valence-corrected chi connectivity index (χ4v) is 3.48. The van der Waals surface area contributed by atoms with Crippen LogP contribution >= 0.6 is 0 Å². The van der Waals surface area contributed by atoms with Gasteiger partial charge in [-0.3, -0.25) is 9.48 Å². The molecule has 0 aromatic carbocycles. The van der Waals surface area contributed by atoms with Crippen LogP contribution in [0.4, 0.5) is 0 Å². The highest BCUT2D eigenvalue weighted by Crippen LogP contribution is 2.39. The average molecular weight is 359 g/mol. The van der Waals surface area contributed by atoms with Gasteiger partial charge in [-0.25, -0.2) is 0 Å². The molecule has 1 saturated heterocycles. The minimum absolute atomic E-state index is 0.0829. The van der Waals surface area contributed by atoms with Crippen LogP contribution in [-0.2, 0) is 23.0 Å². The van der Waals surface area contributed by atoms with E-state index in [4.69, 9.17) is 9.26 Å². The van der Waals surface area contributed by atoms with Gasteiger partial charge in [0.1, 0.15) is 6.04 Å². The molecule has 1 saturated carbocycles. The van der Waals surface area contributed by atoms with Gasteiger partial charge in [-0.05, 0) is 38.7 Å². The Balaban J connectivity index is 1.48. The summed E-state index contributed by atoms with van der Waals surface area (Å²) in [6.07, 6.45) is 5.00. The van der Waals surface area contributed by atoms with Crippen molar-refractivity contribution in [3.63, 3.8) is 0 Å². The molecule has 0 radical (unpaired) electrons. The number of aryl methyl sites for hydroxylation is 2. The second-order valence-corrected chi connectivity index (χ2v) is 7.25. The van der Waals surface area contributed by atoms with Crippen molar-refractivity contribution in [2.45, 2.75) is 57.6 Å². The van der Waals surface area contributed by atoms with E-state index in [0.29, 0.717) is 37.8 Å². The molecule has 0 bridgehead atoms. The number of nitrogens with zero attached hydrogens (tertiary/aromatic N) is 5. The minimum atomic E-state index is -0.314. The van der Waals surface area contributed by atoms with Crippen molar-refractivity contribution in [2.75, 3.05) is 13.2 Å². The molecule has 1 aliphatic carbocycles. The molecule has 4 rings (SSSR count). The number of morpholine rings is 1. The Hall–Kier alpha value is -2.22. The lowest BCUT2D eigenvalue weighted by Gasteiger charge is -2.37. The normalized spacial score (nSPS) is 23.4. The molecule has 3 heterocycles. The van der Waals surface area contributed by atoms with Gasteiger partial charge in [0.25, 0.3) is 5.89 Å². The second-order valence-electron chi connectivity index (χ2n) is 7.25. The van der Waals surface area contributed by atoms with E-state index in [2.05, 4.69) is 15.2 Å². The van der Waals surface area contributed by atoms with E-state index < -0.39 is 0 Å². The molecule has 2 atom stereocenters. The zero-order valence-corrected chi connectivity index (χ0v) is 15.5. The Bertz CT molecular complexity index is 795. The summed E-state index contributed by atoms with van der Waals surface area (Å²) in [4.78, 5) is 19.3. The number of rotatable bonds is 5.